The van der Waals surface area contributed by atoms with Crippen molar-refractivity contribution < 1.29 is 0 Å². The quantitative estimate of drug-likeness (QED) is 0.167. The van der Waals surface area contributed by atoms with Gasteiger partial charge in [-0.25, -0.2) is 0 Å². The van der Waals surface area contributed by atoms with Gasteiger partial charge in [0.05, 0.1) is 5.69 Å². The van der Waals surface area contributed by atoms with Crippen LogP contribution in [0.4, 0.5) is 17.1 Å². The summed E-state index contributed by atoms with van der Waals surface area (Å²) in [5.41, 5.74) is 15.9. The Morgan fingerprint density at radius 1 is 0.396 bits per heavy atom. The van der Waals surface area contributed by atoms with E-state index in [1.165, 1.54) is 75.8 Å². The van der Waals surface area contributed by atoms with Crippen molar-refractivity contribution in [3.05, 3.63) is 199 Å². The van der Waals surface area contributed by atoms with Crippen LogP contribution in [0.15, 0.2) is 188 Å². The monoisotopic (exact) mass is 695 g/mol. The Balaban J connectivity index is 1.28. The lowest BCUT2D eigenvalue weighted by Gasteiger charge is -2.30. The van der Waals surface area contributed by atoms with Gasteiger partial charge in [0, 0.05) is 48.1 Å². The average Bonchev–Trinajstić information content (AvgIpc) is 3.70. The second-order valence-electron chi connectivity index (χ2n) is 14.5. The van der Waals surface area contributed by atoms with Crippen molar-refractivity contribution in [2.75, 3.05) is 4.90 Å². The van der Waals surface area contributed by atoms with E-state index in [0.717, 1.165) is 17.1 Å². The van der Waals surface area contributed by atoms with E-state index >= 15 is 0 Å². The molecular weight excluding hydrogens is 659 g/mol. The largest absolute Gasteiger partial charge is 0.310 e. The van der Waals surface area contributed by atoms with Crippen molar-refractivity contribution >= 4 is 48.6 Å². The molecule has 0 bridgehead atoms. The topological polar surface area (TPSA) is 3.24 Å². The number of hydrogen-bond donors (Lipinski definition) is 0. The summed E-state index contributed by atoms with van der Waals surface area (Å²) >= 11 is 1.89. The van der Waals surface area contributed by atoms with E-state index in [1.54, 1.807) is 0 Å². The third-order valence-corrected chi connectivity index (χ3v) is 12.3. The SMILES string of the molecule is CC1(C)c2ccccc2-c2ccc(N(c3cc(-c4ccccc4)c4sc5ccccc5c4c3)c3ccc(-c4ccccc4)cc3-c3ccccc3)cc21. The summed E-state index contributed by atoms with van der Waals surface area (Å²) in [7, 11) is 0. The fraction of sp³-hybridized carbons (Fsp3) is 0.0588. The predicted octanol–water partition coefficient (Wildman–Crippen LogP) is 14.8. The van der Waals surface area contributed by atoms with E-state index in [1.807, 2.05) is 11.3 Å². The van der Waals surface area contributed by atoms with Crippen molar-refractivity contribution in [2.24, 2.45) is 0 Å². The Hall–Kier alpha value is -6.22. The van der Waals surface area contributed by atoms with Crippen LogP contribution in [-0.4, -0.2) is 0 Å². The number of fused-ring (bicyclic) bond motifs is 6. The van der Waals surface area contributed by atoms with Gasteiger partial charge in [0.2, 0.25) is 0 Å². The highest BCUT2D eigenvalue weighted by molar-refractivity contribution is 7.26. The van der Waals surface area contributed by atoms with Crippen LogP contribution in [0.1, 0.15) is 25.0 Å². The van der Waals surface area contributed by atoms with Gasteiger partial charge in [0.1, 0.15) is 0 Å². The number of nitrogens with zero attached hydrogens (tertiary/aromatic N) is 1. The normalized spacial score (nSPS) is 12.9. The molecule has 0 saturated carbocycles. The van der Waals surface area contributed by atoms with Crippen LogP contribution < -0.4 is 4.90 Å². The second kappa shape index (κ2) is 12.5. The van der Waals surface area contributed by atoms with E-state index in [9.17, 15) is 0 Å². The smallest absolute Gasteiger partial charge is 0.0540 e. The van der Waals surface area contributed by atoms with Gasteiger partial charge >= 0.3 is 0 Å². The maximum Gasteiger partial charge on any atom is 0.0540 e. The lowest BCUT2D eigenvalue weighted by atomic mass is 9.82. The van der Waals surface area contributed by atoms with Gasteiger partial charge in [-0.1, -0.05) is 159 Å². The van der Waals surface area contributed by atoms with Gasteiger partial charge < -0.3 is 4.90 Å². The zero-order valence-electron chi connectivity index (χ0n) is 29.8. The zero-order chi connectivity index (χ0) is 35.5. The number of benzene rings is 8. The van der Waals surface area contributed by atoms with Gasteiger partial charge in [-0.2, -0.15) is 0 Å². The average molecular weight is 696 g/mol. The van der Waals surface area contributed by atoms with E-state index in [-0.39, 0.29) is 5.41 Å². The molecule has 1 aliphatic carbocycles. The first-order valence-corrected chi connectivity index (χ1v) is 19.2. The molecule has 53 heavy (non-hydrogen) atoms. The van der Waals surface area contributed by atoms with Crippen LogP contribution in [0, 0.1) is 0 Å². The Morgan fingerprint density at radius 2 is 1.02 bits per heavy atom. The van der Waals surface area contributed by atoms with E-state index < -0.39 is 0 Å². The fourth-order valence-corrected chi connectivity index (χ4v) is 9.64. The van der Waals surface area contributed by atoms with Gasteiger partial charge in [-0.15, -0.1) is 11.3 Å². The summed E-state index contributed by atoms with van der Waals surface area (Å²) in [6, 6.07) is 69.2. The predicted molar refractivity (Wildman–Crippen MR) is 228 cm³/mol. The molecule has 0 aliphatic heterocycles. The minimum Gasteiger partial charge on any atom is -0.310 e. The van der Waals surface area contributed by atoms with E-state index in [0.29, 0.717) is 0 Å². The molecule has 252 valence electrons. The summed E-state index contributed by atoms with van der Waals surface area (Å²) in [5.74, 6) is 0. The third-order valence-electron chi connectivity index (χ3n) is 11.1. The van der Waals surface area contributed by atoms with Crippen LogP contribution in [-0.2, 0) is 5.41 Å². The molecule has 0 fully saturated rings. The maximum absolute atomic E-state index is 2.51. The third kappa shape index (κ3) is 5.21. The lowest BCUT2D eigenvalue weighted by molar-refractivity contribution is 0.660. The van der Waals surface area contributed by atoms with Gasteiger partial charge in [0.25, 0.3) is 0 Å². The second-order valence-corrected chi connectivity index (χ2v) is 15.6. The van der Waals surface area contributed by atoms with Crippen molar-refractivity contribution in [1.82, 2.24) is 0 Å². The minimum atomic E-state index is -0.129. The molecule has 9 aromatic rings. The molecule has 0 amide bonds. The number of hydrogen-bond acceptors (Lipinski definition) is 2. The Bertz CT molecular complexity index is 2800. The molecule has 0 unspecified atom stereocenters. The summed E-state index contributed by atoms with van der Waals surface area (Å²) in [4.78, 5) is 2.51. The maximum atomic E-state index is 2.51. The van der Waals surface area contributed by atoms with Crippen molar-refractivity contribution in [3.8, 4) is 44.5 Å². The molecule has 0 saturated heterocycles. The summed E-state index contributed by atoms with van der Waals surface area (Å²) in [5, 5.41) is 2.57. The summed E-state index contributed by atoms with van der Waals surface area (Å²) in [6.07, 6.45) is 0. The highest BCUT2D eigenvalue weighted by Crippen LogP contribution is 2.52. The first-order valence-electron chi connectivity index (χ1n) is 18.3. The van der Waals surface area contributed by atoms with Crippen molar-refractivity contribution in [1.29, 1.82) is 0 Å². The van der Waals surface area contributed by atoms with Gasteiger partial charge in [0.15, 0.2) is 0 Å². The Morgan fingerprint density at radius 3 is 1.77 bits per heavy atom. The molecule has 8 aromatic carbocycles. The van der Waals surface area contributed by atoms with Gasteiger partial charge in [-0.05, 0) is 87.0 Å². The van der Waals surface area contributed by atoms with E-state index in [2.05, 4.69) is 207 Å². The highest BCUT2D eigenvalue weighted by atomic mass is 32.1. The Labute approximate surface area is 315 Å². The van der Waals surface area contributed by atoms with Gasteiger partial charge in [-0.3, -0.25) is 0 Å². The number of thiophene rings is 1. The molecule has 0 atom stereocenters. The number of rotatable bonds is 6. The molecule has 0 N–H and O–H groups in total. The number of anilines is 3. The van der Waals surface area contributed by atoms with Crippen LogP contribution in [0.3, 0.4) is 0 Å². The molecule has 0 spiro atoms. The fourth-order valence-electron chi connectivity index (χ4n) is 8.42. The van der Waals surface area contributed by atoms with Crippen molar-refractivity contribution in [3.63, 3.8) is 0 Å². The lowest BCUT2D eigenvalue weighted by Crippen LogP contribution is -2.17. The molecule has 1 aliphatic rings. The summed E-state index contributed by atoms with van der Waals surface area (Å²) < 4.78 is 2.62. The zero-order valence-corrected chi connectivity index (χ0v) is 30.6. The molecule has 1 heterocycles. The first-order chi connectivity index (χ1) is 26.0. The van der Waals surface area contributed by atoms with Crippen LogP contribution in [0.25, 0.3) is 64.7 Å². The molecule has 10 rings (SSSR count). The van der Waals surface area contributed by atoms with E-state index in [4.69, 9.17) is 0 Å². The first kappa shape index (κ1) is 31.5. The minimum absolute atomic E-state index is 0.129. The Kier molecular flexibility index (Phi) is 7.42. The molecule has 0 radical (unpaired) electrons. The molecule has 1 aromatic heterocycles. The molecule has 2 heteroatoms. The molecule has 1 nitrogen and oxygen atoms in total. The highest BCUT2D eigenvalue weighted by Gasteiger charge is 2.36. The van der Waals surface area contributed by atoms with Crippen LogP contribution in [0.5, 0.6) is 0 Å². The molecular formula is C51H37NS. The summed E-state index contributed by atoms with van der Waals surface area (Å²) in [6.45, 7) is 4.74. The van der Waals surface area contributed by atoms with Crippen molar-refractivity contribution in [2.45, 2.75) is 19.3 Å². The van der Waals surface area contributed by atoms with Crippen LogP contribution in [0.2, 0.25) is 0 Å². The standard InChI is InChI=1S/C51H37NS/c1-51(2)46-24-14-12-22-40(46)41-28-27-38(33-47(41)51)52(48-29-26-37(34-16-6-3-7-17-34)30-43(48)35-18-8-4-9-19-35)39-31-44(36-20-10-5-11-21-36)50-45(32-39)42-23-13-15-25-49(42)53-50/h3-33H,1-2H3. The van der Waals surface area contributed by atoms with Crippen LogP contribution >= 0.6 is 11.3 Å².